The fraction of sp³-hybridized carbons (Fsp3) is 0.533. The summed E-state index contributed by atoms with van der Waals surface area (Å²) in [6.07, 6.45) is 1.51. The maximum Gasteiger partial charge on any atom is 0.407 e. The molecule has 0 aromatic heterocycles. The van der Waals surface area contributed by atoms with Crippen molar-refractivity contribution < 1.29 is 9.53 Å². The highest BCUT2D eigenvalue weighted by Crippen LogP contribution is 2.26. The SMILES string of the molecule is CC(C)(C)OC(=O)NC1CC(Nc2cccc(Br)c2)C1. The lowest BCUT2D eigenvalue weighted by atomic mass is 9.86. The van der Waals surface area contributed by atoms with E-state index in [1.165, 1.54) is 0 Å². The van der Waals surface area contributed by atoms with Crippen LogP contribution in [0.15, 0.2) is 28.7 Å². The van der Waals surface area contributed by atoms with Gasteiger partial charge in [0.05, 0.1) is 0 Å². The van der Waals surface area contributed by atoms with Gasteiger partial charge in [-0.05, 0) is 51.8 Å². The number of halogens is 1. The van der Waals surface area contributed by atoms with Gasteiger partial charge >= 0.3 is 6.09 Å². The zero-order chi connectivity index (χ0) is 14.8. The number of nitrogens with one attached hydrogen (secondary N) is 2. The summed E-state index contributed by atoms with van der Waals surface area (Å²) in [5.41, 5.74) is 0.655. The summed E-state index contributed by atoms with van der Waals surface area (Å²) in [4.78, 5) is 11.6. The number of rotatable bonds is 3. The molecule has 1 fully saturated rings. The molecule has 1 saturated carbocycles. The Hall–Kier alpha value is -1.23. The molecule has 1 aliphatic carbocycles. The Kier molecular flexibility index (Phi) is 4.58. The number of hydrogen-bond acceptors (Lipinski definition) is 3. The lowest BCUT2D eigenvalue weighted by Gasteiger charge is -2.37. The number of benzene rings is 1. The predicted octanol–water partition coefficient (Wildman–Crippen LogP) is 3.92. The Morgan fingerprint density at radius 1 is 1.30 bits per heavy atom. The number of amides is 1. The third-order valence-electron chi connectivity index (χ3n) is 3.05. The molecule has 2 N–H and O–H groups in total. The van der Waals surface area contributed by atoms with Gasteiger partial charge in [0.2, 0.25) is 0 Å². The highest BCUT2D eigenvalue weighted by Gasteiger charge is 2.31. The van der Waals surface area contributed by atoms with E-state index in [0.29, 0.717) is 6.04 Å². The van der Waals surface area contributed by atoms with Crippen molar-refractivity contribution in [3.05, 3.63) is 28.7 Å². The summed E-state index contributed by atoms with van der Waals surface area (Å²) in [5.74, 6) is 0. The molecule has 2 rings (SSSR count). The molecule has 5 heteroatoms. The largest absolute Gasteiger partial charge is 0.444 e. The third-order valence-corrected chi connectivity index (χ3v) is 3.55. The van der Waals surface area contributed by atoms with E-state index in [-0.39, 0.29) is 12.1 Å². The molecule has 1 amide bonds. The average Bonchev–Trinajstić information content (AvgIpc) is 2.23. The summed E-state index contributed by atoms with van der Waals surface area (Å²) in [6, 6.07) is 8.70. The third kappa shape index (κ3) is 4.71. The molecule has 0 spiro atoms. The predicted molar refractivity (Wildman–Crippen MR) is 83.9 cm³/mol. The molecule has 0 saturated heterocycles. The van der Waals surface area contributed by atoms with Crippen LogP contribution in [0.25, 0.3) is 0 Å². The van der Waals surface area contributed by atoms with Crippen molar-refractivity contribution in [3.8, 4) is 0 Å². The molecule has 0 radical (unpaired) electrons. The second-order valence-corrected chi connectivity index (χ2v) is 7.08. The summed E-state index contributed by atoms with van der Waals surface area (Å²) in [5, 5.41) is 6.34. The quantitative estimate of drug-likeness (QED) is 0.876. The van der Waals surface area contributed by atoms with Crippen LogP contribution in [0.5, 0.6) is 0 Å². The topological polar surface area (TPSA) is 50.4 Å². The minimum Gasteiger partial charge on any atom is -0.444 e. The summed E-state index contributed by atoms with van der Waals surface area (Å²) >= 11 is 3.45. The maximum atomic E-state index is 11.6. The molecule has 0 atom stereocenters. The molecule has 0 unspecified atom stereocenters. The van der Waals surface area contributed by atoms with Crippen LogP contribution < -0.4 is 10.6 Å². The van der Waals surface area contributed by atoms with Gasteiger partial charge in [0.25, 0.3) is 0 Å². The Labute approximate surface area is 128 Å². The number of ether oxygens (including phenoxy) is 1. The molecule has 0 heterocycles. The standard InChI is InChI=1S/C15H21BrN2O2/c1-15(2,3)20-14(19)18-13-8-12(9-13)17-11-6-4-5-10(16)7-11/h4-7,12-13,17H,8-9H2,1-3H3,(H,18,19). The van der Waals surface area contributed by atoms with Crippen molar-refractivity contribution in [2.45, 2.75) is 51.3 Å². The highest BCUT2D eigenvalue weighted by molar-refractivity contribution is 9.10. The zero-order valence-electron chi connectivity index (χ0n) is 12.1. The van der Waals surface area contributed by atoms with Crippen molar-refractivity contribution in [1.82, 2.24) is 5.32 Å². The number of carbonyl (C=O) groups is 1. The van der Waals surface area contributed by atoms with E-state index in [2.05, 4.69) is 32.6 Å². The summed E-state index contributed by atoms with van der Waals surface area (Å²) < 4.78 is 6.30. The van der Waals surface area contributed by atoms with E-state index in [1.54, 1.807) is 0 Å². The first-order valence-electron chi connectivity index (χ1n) is 6.83. The van der Waals surface area contributed by atoms with Crippen molar-refractivity contribution in [2.75, 3.05) is 5.32 Å². The van der Waals surface area contributed by atoms with Gasteiger partial charge in [0.15, 0.2) is 0 Å². The van der Waals surface area contributed by atoms with E-state index < -0.39 is 5.60 Å². The van der Waals surface area contributed by atoms with Gasteiger partial charge in [-0.3, -0.25) is 0 Å². The normalized spacial score (nSPS) is 21.8. The monoisotopic (exact) mass is 340 g/mol. The molecule has 0 aliphatic heterocycles. The fourth-order valence-corrected chi connectivity index (χ4v) is 2.54. The Balaban J connectivity index is 1.71. The van der Waals surface area contributed by atoms with Crippen LogP contribution in [0.4, 0.5) is 10.5 Å². The van der Waals surface area contributed by atoms with Gasteiger partial charge in [-0.25, -0.2) is 4.79 Å². The molecular formula is C15H21BrN2O2. The summed E-state index contributed by atoms with van der Waals surface area (Å²) in [7, 11) is 0. The first-order valence-corrected chi connectivity index (χ1v) is 7.63. The van der Waals surface area contributed by atoms with Crippen LogP contribution in [-0.2, 0) is 4.74 Å². The van der Waals surface area contributed by atoms with Gasteiger partial charge in [0, 0.05) is 22.2 Å². The Bertz CT molecular complexity index is 479. The molecule has 4 nitrogen and oxygen atoms in total. The zero-order valence-corrected chi connectivity index (χ0v) is 13.7. The lowest BCUT2D eigenvalue weighted by Crippen LogP contribution is -2.50. The molecule has 110 valence electrons. The summed E-state index contributed by atoms with van der Waals surface area (Å²) in [6.45, 7) is 5.60. The number of anilines is 1. The van der Waals surface area contributed by atoms with Crippen LogP contribution >= 0.6 is 15.9 Å². The number of carbonyl (C=O) groups excluding carboxylic acids is 1. The van der Waals surface area contributed by atoms with Crippen molar-refractivity contribution in [1.29, 1.82) is 0 Å². The van der Waals surface area contributed by atoms with Crippen LogP contribution in [0.2, 0.25) is 0 Å². The van der Waals surface area contributed by atoms with E-state index in [0.717, 1.165) is 23.0 Å². The molecule has 1 aromatic carbocycles. The Morgan fingerprint density at radius 3 is 2.60 bits per heavy atom. The first-order chi connectivity index (χ1) is 9.32. The van der Waals surface area contributed by atoms with Gasteiger partial charge in [0.1, 0.15) is 5.60 Å². The molecule has 1 aromatic rings. The second kappa shape index (κ2) is 6.04. The lowest BCUT2D eigenvalue weighted by molar-refractivity contribution is 0.0475. The smallest absolute Gasteiger partial charge is 0.407 e. The van der Waals surface area contributed by atoms with Crippen LogP contribution in [0, 0.1) is 0 Å². The molecular weight excluding hydrogens is 320 g/mol. The molecule has 1 aliphatic rings. The van der Waals surface area contributed by atoms with Gasteiger partial charge in [-0.15, -0.1) is 0 Å². The van der Waals surface area contributed by atoms with Crippen LogP contribution in [0.1, 0.15) is 33.6 Å². The second-order valence-electron chi connectivity index (χ2n) is 6.17. The minimum absolute atomic E-state index is 0.203. The maximum absolute atomic E-state index is 11.6. The van der Waals surface area contributed by atoms with Crippen molar-refractivity contribution in [3.63, 3.8) is 0 Å². The minimum atomic E-state index is -0.443. The van der Waals surface area contributed by atoms with Crippen molar-refractivity contribution >= 4 is 27.7 Å². The fourth-order valence-electron chi connectivity index (χ4n) is 2.14. The first kappa shape index (κ1) is 15.2. The number of hydrogen-bond donors (Lipinski definition) is 2. The highest BCUT2D eigenvalue weighted by atomic mass is 79.9. The molecule has 20 heavy (non-hydrogen) atoms. The van der Waals surface area contributed by atoms with Gasteiger partial charge < -0.3 is 15.4 Å². The number of alkyl carbamates (subject to hydrolysis) is 1. The van der Waals surface area contributed by atoms with E-state index in [9.17, 15) is 4.79 Å². The van der Waals surface area contributed by atoms with Gasteiger partial charge in [-0.2, -0.15) is 0 Å². The van der Waals surface area contributed by atoms with Gasteiger partial charge in [-0.1, -0.05) is 22.0 Å². The van der Waals surface area contributed by atoms with Crippen molar-refractivity contribution in [2.24, 2.45) is 0 Å². The Morgan fingerprint density at radius 2 is 2.00 bits per heavy atom. The van der Waals surface area contributed by atoms with E-state index in [1.807, 2.05) is 39.0 Å². The van der Waals surface area contributed by atoms with E-state index in [4.69, 9.17) is 4.74 Å². The van der Waals surface area contributed by atoms with Crippen LogP contribution in [-0.4, -0.2) is 23.8 Å². The van der Waals surface area contributed by atoms with E-state index >= 15 is 0 Å². The average molecular weight is 341 g/mol. The molecule has 0 bridgehead atoms. The van der Waals surface area contributed by atoms with Crippen LogP contribution in [0.3, 0.4) is 0 Å².